The van der Waals surface area contributed by atoms with Crippen LogP contribution in [-0.2, 0) is 122 Å². The molecule has 0 spiro atoms. The standard InChI is InChI=1S/C52H87N4O12P.C41H75N4O8P.3CO2/c1-53(33-34-54(2)43-50(59)65-39-32-47-27-29-48(30-28-47)52(61)62)35-36-55(42-49(57)58)44-51(60)66-40-31-46-25-23-45(24-26-46)22-20-18-16-14-12-10-8-6-7-9-11-13-15-17-19-21-38-67-69(63,64)68-41-37-56(3,4)5;1-42-26-28-43(35-40(46)47)34-39(44(29-27-42)36-41(48)49)33-38-24-22-37(23-25-38)21-19-17-15-13-11-9-7-5-6-8-10-12-14-16-18-20-31-52-54(50,51)53-32-30-45(2,3)4;3*2-1-3/h23-30H,6-22,31-44H2,1-5H3,(H2-,57,58,61,62,63,64);22-25,39H,5-21,26-36H2,1-4H3,(H2-,46,47,48,49,50,51);;;/p-1. The summed E-state index contributed by atoms with van der Waals surface area (Å²) in [6, 6.07) is 23.4. The smallest absolute Gasteiger partial charge is 0.373 e. The molecule has 3 unspecified atom stereocenters. The van der Waals surface area contributed by atoms with Gasteiger partial charge in [0.25, 0.3) is 15.6 Å². The Labute approximate surface area is 786 Å². The van der Waals surface area contributed by atoms with E-state index in [1.807, 2.05) is 83.0 Å². The van der Waals surface area contributed by atoms with E-state index < -0.39 is 45.5 Å². The number of nitrogens with zero attached hydrogens (tertiary/aromatic N) is 8. The summed E-state index contributed by atoms with van der Waals surface area (Å²) in [6.07, 6.45) is 43.5. The van der Waals surface area contributed by atoms with E-state index in [0.717, 1.165) is 81.1 Å². The number of esters is 2. The van der Waals surface area contributed by atoms with Gasteiger partial charge in [0.1, 0.15) is 26.3 Å². The van der Waals surface area contributed by atoms with Gasteiger partial charge in [0.15, 0.2) is 0 Å². The fourth-order valence-corrected chi connectivity index (χ4v) is 16.0. The Hall–Kier alpha value is -7.48. The van der Waals surface area contributed by atoms with Crippen LogP contribution in [0.5, 0.6) is 0 Å². The van der Waals surface area contributed by atoms with Crippen molar-refractivity contribution >= 4 is 69.9 Å². The van der Waals surface area contributed by atoms with Crippen molar-refractivity contribution in [2.75, 3.05) is 208 Å². The Morgan fingerprint density at radius 2 is 0.705 bits per heavy atom. The highest BCUT2D eigenvalue weighted by molar-refractivity contribution is 7.46. The molecule has 1 heterocycles. The van der Waals surface area contributed by atoms with Gasteiger partial charge in [-0.15, -0.1) is 0 Å². The lowest BCUT2D eigenvalue weighted by Crippen LogP contribution is -2.48. The highest BCUT2D eigenvalue weighted by Crippen LogP contribution is 2.39. The Morgan fingerprint density at radius 1 is 0.394 bits per heavy atom. The van der Waals surface area contributed by atoms with Crippen molar-refractivity contribution in [2.24, 2.45) is 0 Å². The fourth-order valence-electron chi connectivity index (χ4n) is 14.5. The second kappa shape index (κ2) is 78.7. The normalized spacial score (nSPS) is 14.1. The van der Waals surface area contributed by atoms with Crippen molar-refractivity contribution in [1.82, 2.24) is 29.4 Å². The van der Waals surface area contributed by atoms with Gasteiger partial charge in [0, 0.05) is 77.8 Å². The van der Waals surface area contributed by atoms with E-state index in [9.17, 15) is 68.1 Å². The second-order valence-electron chi connectivity index (χ2n) is 36.2. The molecule has 1 fully saturated rings. The van der Waals surface area contributed by atoms with Crippen LogP contribution in [0.4, 0.5) is 0 Å². The summed E-state index contributed by atoms with van der Waals surface area (Å²) in [6.45, 7) is 7.28. The average molecular weight is 1910 g/mol. The topological polar surface area (TPSA) is 444 Å². The first-order valence-corrected chi connectivity index (χ1v) is 50.3. The van der Waals surface area contributed by atoms with E-state index in [1.165, 1.54) is 190 Å². The number of aliphatic carboxylic acids is 3. The zero-order valence-corrected chi connectivity index (χ0v) is 82.7. The number of carboxylic acids is 4. The lowest BCUT2D eigenvalue weighted by atomic mass is 9.99. The highest BCUT2D eigenvalue weighted by Gasteiger charge is 2.28. The minimum absolute atomic E-state index is 0.0411. The molecule has 0 bridgehead atoms. The molecule has 36 heteroatoms. The number of carboxylic acid groups (broad SMARTS) is 4. The zero-order chi connectivity index (χ0) is 98.5. The second-order valence-corrected chi connectivity index (χ2v) is 39.0. The van der Waals surface area contributed by atoms with Crippen LogP contribution in [0.3, 0.4) is 0 Å². The van der Waals surface area contributed by atoms with E-state index in [4.69, 9.17) is 56.3 Å². The number of likely N-dealkylation sites (N-methyl/N-ethyl adjacent to an activating group) is 5. The lowest BCUT2D eigenvalue weighted by molar-refractivity contribution is -0.870. The molecule has 752 valence electrons. The van der Waals surface area contributed by atoms with Gasteiger partial charge in [0.2, 0.25) is 0 Å². The largest absolute Gasteiger partial charge is 0.756 e. The molecule has 1 aliphatic heterocycles. The third-order valence-electron chi connectivity index (χ3n) is 22.3. The molecule has 0 radical (unpaired) electrons. The number of phosphoric ester groups is 2. The Kier molecular flexibility index (Phi) is 74.2. The molecule has 0 saturated carbocycles. The molecule has 0 aromatic heterocycles. The molecule has 3 aromatic carbocycles. The molecular formula is C96H161N8O26P2-. The first-order valence-electron chi connectivity index (χ1n) is 47.3. The molecule has 132 heavy (non-hydrogen) atoms. The van der Waals surface area contributed by atoms with Crippen LogP contribution in [0, 0.1) is 0 Å². The number of phosphoric acid groups is 2. The number of unbranched alkanes of at least 4 members (excludes halogenated alkanes) is 30. The van der Waals surface area contributed by atoms with Crippen molar-refractivity contribution in [3.05, 3.63) is 106 Å². The van der Waals surface area contributed by atoms with Crippen molar-refractivity contribution in [3.8, 4) is 0 Å². The van der Waals surface area contributed by atoms with Crippen LogP contribution in [0.2, 0.25) is 0 Å². The van der Waals surface area contributed by atoms with E-state index >= 15 is 0 Å². The predicted octanol–water partition coefficient (Wildman–Crippen LogP) is 10.7. The number of carbonyl (C=O) groups is 6. The minimum Gasteiger partial charge on any atom is -0.756 e. The highest BCUT2D eigenvalue weighted by atomic mass is 31.2. The van der Waals surface area contributed by atoms with Gasteiger partial charge in [-0.25, -0.2) is 0 Å². The van der Waals surface area contributed by atoms with Crippen LogP contribution in [-0.4, -0.2) is 322 Å². The minimum atomic E-state index is -4.19. The van der Waals surface area contributed by atoms with Gasteiger partial charge in [-0.1, -0.05) is 253 Å². The molecule has 3 N–H and O–H groups in total. The van der Waals surface area contributed by atoms with E-state index in [0.29, 0.717) is 87.1 Å². The molecule has 3 aromatic rings. The summed E-state index contributed by atoms with van der Waals surface area (Å²) in [5.74, 6) is -4.81. The number of aromatic carboxylic acids is 1. The number of hydrogen-bond donors (Lipinski definition) is 3. The van der Waals surface area contributed by atoms with Crippen LogP contribution in [0.15, 0.2) is 72.8 Å². The van der Waals surface area contributed by atoms with Crippen molar-refractivity contribution in [1.29, 1.82) is 0 Å². The van der Waals surface area contributed by atoms with Gasteiger partial charge in [-0.3, -0.25) is 52.7 Å². The average Bonchev–Trinajstić information content (AvgIpc) is 1.43. The first-order chi connectivity index (χ1) is 62.9. The fraction of sp³-hybridized carbons (Fsp3) is 0.719. The number of benzene rings is 3. The summed E-state index contributed by atoms with van der Waals surface area (Å²) < 4.78 is 55.6. The summed E-state index contributed by atoms with van der Waals surface area (Å²) in [4.78, 5) is 155. The zero-order valence-electron chi connectivity index (χ0n) is 80.9. The van der Waals surface area contributed by atoms with Crippen molar-refractivity contribution in [2.45, 2.75) is 244 Å². The Bertz CT molecular complexity index is 3680. The summed E-state index contributed by atoms with van der Waals surface area (Å²) in [5, 5.41) is 39.4. The molecule has 34 nitrogen and oxygen atoms in total. The van der Waals surface area contributed by atoms with Gasteiger partial charge in [-0.05, 0) is 99.5 Å². The van der Waals surface area contributed by atoms with Crippen molar-refractivity contribution in [3.63, 3.8) is 0 Å². The summed E-state index contributed by atoms with van der Waals surface area (Å²) in [7, 11) is 9.25. The number of hydrogen-bond acceptors (Lipinski definition) is 29. The maximum absolute atomic E-state index is 12.7. The van der Waals surface area contributed by atoms with Crippen LogP contribution in [0.1, 0.15) is 244 Å². The van der Waals surface area contributed by atoms with Gasteiger partial charge in [-0.2, -0.15) is 28.8 Å². The van der Waals surface area contributed by atoms with Gasteiger partial charge in [0.05, 0.1) is 107 Å². The number of aryl methyl sites for hydroxylation is 2. The number of rotatable bonds is 73. The van der Waals surface area contributed by atoms with Crippen LogP contribution in [0.25, 0.3) is 0 Å². The SMILES string of the molecule is CN(CCN(C)CC(=O)OCCc1ccc(C(=O)[O-])cc1)CCN(CC(=O)O)CC(=O)OCCc1ccc(CCCCCCCCCCCCCCCCCCOP(=O)([O-])OCC[N+](C)(C)C)cc1.CN1CCN(CC(=O)O)CC(Cc2ccc(CCCCCCCCCCCCCCCCCCOP(=O)([O-])OCC[N+](C)(C)C)cc2)N(CC(=O)O)CC1.O=C=O.O=C=O.O=C=O. The van der Waals surface area contributed by atoms with Crippen LogP contribution < -0.4 is 14.9 Å². The quantitative estimate of drug-likeness (QED) is 0.0204. The third kappa shape index (κ3) is 77.8. The van der Waals surface area contributed by atoms with Crippen molar-refractivity contribution < 1.29 is 133 Å². The van der Waals surface area contributed by atoms with Gasteiger partial charge >= 0.3 is 48.3 Å². The third-order valence-corrected chi connectivity index (χ3v) is 24.3. The van der Waals surface area contributed by atoms with Crippen LogP contribution >= 0.6 is 15.6 Å². The van der Waals surface area contributed by atoms with E-state index in [-0.39, 0.29) is 108 Å². The van der Waals surface area contributed by atoms with E-state index in [2.05, 4.69) is 53.4 Å². The molecular weight excluding hydrogens is 1740 g/mol. The molecule has 3 atom stereocenters. The number of quaternary nitrogens is 2. The summed E-state index contributed by atoms with van der Waals surface area (Å²) in [5.41, 5.74) is 5.83. The Balaban J connectivity index is 0.00000244. The molecule has 4 rings (SSSR count). The maximum atomic E-state index is 12.7. The maximum Gasteiger partial charge on any atom is 0.373 e. The monoisotopic (exact) mass is 1900 g/mol. The first kappa shape index (κ1) is 125. The molecule has 1 saturated heterocycles. The molecule has 1 aliphatic rings. The predicted molar refractivity (Wildman–Crippen MR) is 495 cm³/mol. The lowest BCUT2D eigenvalue weighted by Gasteiger charge is -2.33. The van der Waals surface area contributed by atoms with E-state index in [1.54, 1.807) is 17.0 Å². The number of carbonyl (C=O) groups excluding carboxylic acids is 9. The number of ether oxygens (including phenoxy) is 2. The Morgan fingerprint density at radius 3 is 1.06 bits per heavy atom. The van der Waals surface area contributed by atoms with Gasteiger partial charge < -0.3 is 81.3 Å². The molecule has 0 amide bonds. The summed E-state index contributed by atoms with van der Waals surface area (Å²) >= 11 is 0. The molecule has 0 aliphatic carbocycles.